The summed E-state index contributed by atoms with van der Waals surface area (Å²) in [5, 5.41) is 6.79. The molecule has 4 N–H and O–H groups in total. The summed E-state index contributed by atoms with van der Waals surface area (Å²) >= 11 is 0. The molecule has 78 valence electrons. The summed E-state index contributed by atoms with van der Waals surface area (Å²) in [4.78, 5) is 3.67. The van der Waals surface area contributed by atoms with E-state index in [0.717, 1.165) is 0 Å². The smallest absolute Gasteiger partial charge is 0.259 e. The van der Waals surface area contributed by atoms with Crippen LogP contribution >= 0.6 is 0 Å². The molecule has 0 aliphatic heterocycles. The Hall–Kier alpha value is -1.41. The quantitative estimate of drug-likeness (QED) is 0.426. The monoisotopic (exact) mass is 217 g/mol. The summed E-state index contributed by atoms with van der Waals surface area (Å²) < 4.78 is 26.5. The van der Waals surface area contributed by atoms with Crippen LogP contribution in [-0.4, -0.2) is 30.3 Å². The van der Waals surface area contributed by atoms with Crippen LogP contribution in [0, 0.1) is 5.41 Å². The second-order valence-electron chi connectivity index (χ2n) is 2.73. The molecule has 0 amide bonds. The summed E-state index contributed by atoms with van der Waals surface area (Å²) in [7, 11) is -1.97. The van der Waals surface area contributed by atoms with Gasteiger partial charge in [-0.2, -0.15) is 0 Å². The number of hydrogen-bond acceptors (Lipinski definition) is 4. The third-order valence-electron chi connectivity index (χ3n) is 1.41. The molecule has 0 fully saturated rings. The van der Waals surface area contributed by atoms with Gasteiger partial charge in [-0.05, 0) is 0 Å². The number of nitrogens with one attached hydrogen (secondary N) is 2. The van der Waals surface area contributed by atoms with Crippen molar-refractivity contribution in [2.75, 3.05) is 6.54 Å². The maximum Gasteiger partial charge on any atom is 0.259 e. The Labute approximate surface area is 81.5 Å². The molecule has 1 rings (SSSR count). The summed E-state index contributed by atoms with van der Waals surface area (Å²) in [6.45, 7) is -0.209. The lowest BCUT2D eigenvalue weighted by atomic mass is 10.6. The largest absolute Gasteiger partial charge is 0.387 e. The summed E-state index contributed by atoms with van der Waals surface area (Å²) in [6.07, 6.45) is 2.74. The first-order valence-corrected chi connectivity index (χ1v) is 5.20. The van der Waals surface area contributed by atoms with Crippen molar-refractivity contribution in [2.45, 2.75) is 5.03 Å². The molecule has 0 saturated carbocycles. The van der Waals surface area contributed by atoms with Crippen LogP contribution in [0.2, 0.25) is 0 Å². The van der Waals surface area contributed by atoms with Gasteiger partial charge in [-0.3, -0.25) is 5.41 Å². The number of amidine groups is 1. The number of imidazole rings is 1. The standard InChI is InChI=1S/C6H11N5O2S/c1-11-3-6(9-4-11)14(12,13)10-2-5(7)8/h3-4,10H,2H2,1H3,(H3,7,8). The molecule has 7 nitrogen and oxygen atoms in total. The van der Waals surface area contributed by atoms with Gasteiger partial charge in [0.2, 0.25) is 0 Å². The zero-order valence-electron chi connectivity index (χ0n) is 7.56. The highest BCUT2D eigenvalue weighted by Crippen LogP contribution is 2.02. The Morgan fingerprint density at radius 2 is 2.43 bits per heavy atom. The minimum absolute atomic E-state index is 0.0822. The average molecular weight is 217 g/mol. The predicted molar refractivity (Wildman–Crippen MR) is 50.3 cm³/mol. The SMILES string of the molecule is Cn1cnc(S(=O)(=O)NCC(=N)N)c1. The van der Waals surface area contributed by atoms with Gasteiger partial charge in [-0.1, -0.05) is 0 Å². The van der Waals surface area contributed by atoms with Crippen molar-refractivity contribution in [3.8, 4) is 0 Å². The van der Waals surface area contributed by atoms with E-state index < -0.39 is 10.0 Å². The highest BCUT2D eigenvalue weighted by molar-refractivity contribution is 7.89. The molecule has 0 bridgehead atoms. The van der Waals surface area contributed by atoms with E-state index in [1.54, 1.807) is 7.05 Å². The van der Waals surface area contributed by atoms with Crippen LogP contribution in [0.4, 0.5) is 0 Å². The van der Waals surface area contributed by atoms with Gasteiger partial charge in [0.25, 0.3) is 10.0 Å². The Kier molecular flexibility index (Phi) is 2.87. The maximum absolute atomic E-state index is 11.4. The van der Waals surface area contributed by atoms with Crippen molar-refractivity contribution in [3.63, 3.8) is 0 Å². The van der Waals surface area contributed by atoms with Crippen LogP contribution in [0.3, 0.4) is 0 Å². The Morgan fingerprint density at radius 1 is 1.79 bits per heavy atom. The van der Waals surface area contributed by atoms with Crippen molar-refractivity contribution in [1.82, 2.24) is 14.3 Å². The molecule has 0 aliphatic rings. The third-order valence-corrected chi connectivity index (χ3v) is 2.70. The van der Waals surface area contributed by atoms with Gasteiger partial charge in [-0.25, -0.2) is 18.1 Å². The van der Waals surface area contributed by atoms with Crippen molar-refractivity contribution in [3.05, 3.63) is 12.5 Å². The zero-order valence-corrected chi connectivity index (χ0v) is 8.37. The molecule has 0 aliphatic carbocycles. The molecule has 1 aromatic rings. The third kappa shape index (κ3) is 2.54. The van der Waals surface area contributed by atoms with E-state index in [1.807, 2.05) is 0 Å². The fourth-order valence-electron chi connectivity index (χ4n) is 0.774. The van der Waals surface area contributed by atoms with E-state index in [4.69, 9.17) is 11.1 Å². The number of aryl methyl sites for hydroxylation is 1. The van der Waals surface area contributed by atoms with Crippen LogP contribution in [0.1, 0.15) is 0 Å². The first kappa shape index (κ1) is 10.7. The van der Waals surface area contributed by atoms with Crippen LogP contribution in [0.25, 0.3) is 0 Å². The molecule has 0 unspecified atom stereocenters. The second-order valence-corrected chi connectivity index (χ2v) is 4.44. The van der Waals surface area contributed by atoms with Gasteiger partial charge in [-0.15, -0.1) is 0 Å². The normalized spacial score (nSPS) is 11.5. The van der Waals surface area contributed by atoms with Crippen LogP contribution in [0.15, 0.2) is 17.6 Å². The summed E-state index contributed by atoms with van der Waals surface area (Å²) in [5.41, 5.74) is 5.01. The molecular formula is C6H11N5O2S. The maximum atomic E-state index is 11.4. The Bertz CT molecular complexity index is 435. The molecule has 1 aromatic heterocycles. The van der Waals surface area contributed by atoms with E-state index in [0.29, 0.717) is 0 Å². The highest BCUT2D eigenvalue weighted by Gasteiger charge is 2.16. The van der Waals surface area contributed by atoms with Crippen molar-refractivity contribution in [1.29, 1.82) is 5.41 Å². The minimum atomic E-state index is -3.64. The van der Waals surface area contributed by atoms with Gasteiger partial charge >= 0.3 is 0 Å². The van der Waals surface area contributed by atoms with E-state index in [9.17, 15) is 8.42 Å². The fraction of sp³-hybridized carbons (Fsp3) is 0.333. The summed E-state index contributed by atoms with van der Waals surface area (Å²) in [6, 6.07) is 0. The molecule has 8 heteroatoms. The topological polar surface area (TPSA) is 114 Å². The number of nitrogens with zero attached hydrogens (tertiary/aromatic N) is 2. The molecule has 0 saturated heterocycles. The molecule has 14 heavy (non-hydrogen) atoms. The Balaban J connectivity index is 2.81. The van der Waals surface area contributed by atoms with Gasteiger partial charge in [0.05, 0.1) is 12.9 Å². The van der Waals surface area contributed by atoms with E-state index in [1.165, 1.54) is 17.1 Å². The predicted octanol–water partition coefficient (Wildman–Crippen LogP) is -1.37. The van der Waals surface area contributed by atoms with E-state index in [2.05, 4.69) is 9.71 Å². The molecular weight excluding hydrogens is 206 g/mol. The van der Waals surface area contributed by atoms with Crippen LogP contribution in [-0.2, 0) is 17.1 Å². The average Bonchev–Trinajstić information content (AvgIpc) is 2.49. The number of nitrogens with two attached hydrogens (primary N) is 1. The Morgan fingerprint density at radius 3 is 2.86 bits per heavy atom. The lowest BCUT2D eigenvalue weighted by Crippen LogP contribution is -2.33. The van der Waals surface area contributed by atoms with Gasteiger partial charge in [0.1, 0.15) is 5.84 Å². The first-order chi connectivity index (χ1) is 6.42. The van der Waals surface area contributed by atoms with Gasteiger partial charge in [0, 0.05) is 13.2 Å². The van der Waals surface area contributed by atoms with E-state index >= 15 is 0 Å². The number of hydrogen-bond donors (Lipinski definition) is 3. The first-order valence-electron chi connectivity index (χ1n) is 3.72. The number of aromatic nitrogens is 2. The number of sulfonamides is 1. The molecule has 1 heterocycles. The van der Waals surface area contributed by atoms with Crippen LogP contribution < -0.4 is 10.5 Å². The number of rotatable bonds is 4. The van der Waals surface area contributed by atoms with Crippen molar-refractivity contribution < 1.29 is 8.42 Å². The van der Waals surface area contributed by atoms with Gasteiger partial charge in [0.15, 0.2) is 5.03 Å². The van der Waals surface area contributed by atoms with Crippen LogP contribution in [0.5, 0.6) is 0 Å². The summed E-state index contributed by atoms with van der Waals surface area (Å²) in [5.74, 6) is -0.246. The lowest BCUT2D eigenvalue weighted by molar-refractivity contribution is 0.583. The molecule has 0 aromatic carbocycles. The van der Waals surface area contributed by atoms with Crippen molar-refractivity contribution >= 4 is 15.9 Å². The fourth-order valence-corrected chi connectivity index (χ4v) is 1.76. The minimum Gasteiger partial charge on any atom is -0.387 e. The molecule has 0 radical (unpaired) electrons. The molecule has 0 spiro atoms. The second kappa shape index (κ2) is 3.76. The highest BCUT2D eigenvalue weighted by atomic mass is 32.2. The van der Waals surface area contributed by atoms with E-state index in [-0.39, 0.29) is 17.4 Å². The van der Waals surface area contributed by atoms with Crippen molar-refractivity contribution in [2.24, 2.45) is 12.8 Å². The lowest BCUT2D eigenvalue weighted by Gasteiger charge is -2.01. The molecule has 0 atom stereocenters. The zero-order chi connectivity index (χ0) is 10.8. The van der Waals surface area contributed by atoms with Gasteiger partial charge < -0.3 is 10.3 Å².